The molecule has 2 atom stereocenters. The zero-order chi connectivity index (χ0) is 20.9. The molecule has 2 heteroatoms. The van der Waals surface area contributed by atoms with Gasteiger partial charge in [-0.3, -0.25) is 0 Å². The van der Waals surface area contributed by atoms with E-state index in [1.54, 1.807) is 0 Å². The molecule has 1 fully saturated rings. The van der Waals surface area contributed by atoms with Crippen LogP contribution in [-0.4, -0.2) is 11.1 Å². The van der Waals surface area contributed by atoms with Crippen LogP contribution in [0.5, 0.6) is 0 Å². The third kappa shape index (κ3) is 3.58. The Morgan fingerprint density at radius 3 is 2.29 bits per heavy atom. The Bertz CT molecular complexity index is 853. The highest BCUT2D eigenvalue weighted by Crippen LogP contribution is 2.56. The van der Waals surface area contributed by atoms with Crippen LogP contribution >= 0.6 is 0 Å². The van der Waals surface area contributed by atoms with Crippen LogP contribution in [0.1, 0.15) is 90.8 Å². The Labute approximate surface area is 170 Å². The van der Waals surface area contributed by atoms with E-state index < -0.39 is 5.97 Å². The van der Waals surface area contributed by atoms with Crippen molar-refractivity contribution in [1.29, 1.82) is 0 Å². The number of aliphatic carboxylic acids is 1. The van der Waals surface area contributed by atoms with Gasteiger partial charge in [0.2, 0.25) is 0 Å². The lowest BCUT2D eigenvalue weighted by molar-refractivity contribution is -0.132. The van der Waals surface area contributed by atoms with E-state index in [4.69, 9.17) is 0 Å². The fourth-order valence-electron chi connectivity index (χ4n) is 4.91. The SMILES string of the molecule is CCC(C(=O)O)=C(C)C=CC1CC1(C)c1ccc2c(c1)C(C)(C)CCC2(C)C. The highest BCUT2D eigenvalue weighted by atomic mass is 16.4. The zero-order valence-electron chi connectivity index (χ0n) is 18.6. The van der Waals surface area contributed by atoms with E-state index >= 15 is 0 Å². The highest BCUT2D eigenvalue weighted by Gasteiger charge is 2.50. The second kappa shape index (κ2) is 6.90. The van der Waals surface area contributed by atoms with Crippen LogP contribution in [0.15, 0.2) is 41.5 Å². The summed E-state index contributed by atoms with van der Waals surface area (Å²) in [5.41, 5.74) is 6.50. The minimum Gasteiger partial charge on any atom is -0.478 e. The molecular formula is C26H36O2. The summed E-state index contributed by atoms with van der Waals surface area (Å²) in [6.45, 7) is 15.7. The van der Waals surface area contributed by atoms with Crippen molar-refractivity contribution >= 4 is 5.97 Å². The molecule has 1 aromatic rings. The van der Waals surface area contributed by atoms with Crippen molar-refractivity contribution in [1.82, 2.24) is 0 Å². The van der Waals surface area contributed by atoms with Gasteiger partial charge in [0.25, 0.3) is 0 Å². The normalized spacial score (nSPS) is 28.6. The van der Waals surface area contributed by atoms with Gasteiger partial charge in [0.15, 0.2) is 0 Å². The standard InChI is InChI=1S/C26H36O2/c1-8-20(23(27)28)17(2)9-10-19-16-26(19,7)18-11-12-21-22(15-18)25(5,6)14-13-24(21,3)4/h9-12,15,19H,8,13-14,16H2,1-7H3,(H,27,28). The van der Waals surface area contributed by atoms with Crippen molar-refractivity contribution < 1.29 is 9.90 Å². The third-order valence-corrected chi connectivity index (χ3v) is 7.48. The molecule has 2 aliphatic carbocycles. The fourth-order valence-corrected chi connectivity index (χ4v) is 4.91. The molecule has 1 N–H and O–H groups in total. The lowest BCUT2D eigenvalue weighted by atomic mass is 9.62. The van der Waals surface area contributed by atoms with Crippen LogP contribution in [0, 0.1) is 5.92 Å². The predicted octanol–water partition coefficient (Wildman–Crippen LogP) is 6.68. The van der Waals surface area contributed by atoms with E-state index in [-0.39, 0.29) is 16.2 Å². The molecule has 0 radical (unpaired) electrons. The van der Waals surface area contributed by atoms with Gasteiger partial charge in [-0.05, 0) is 77.0 Å². The maximum atomic E-state index is 11.3. The van der Waals surface area contributed by atoms with Crippen molar-refractivity contribution in [2.24, 2.45) is 5.92 Å². The zero-order valence-corrected chi connectivity index (χ0v) is 18.6. The number of rotatable bonds is 5. The van der Waals surface area contributed by atoms with E-state index in [2.05, 4.69) is 58.9 Å². The summed E-state index contributed by atoms with van der Waals surface area (Å²) in [7, 11) is 0. The van der Waals surface area contributed by atoms with Gasteiger partial charge in [-0.1, -0.05) is 71.9 Å². The Kier molecular flexibility index (Phi) is 5.15. The van der Waals surface area contributed by atoms with Gasteiger partial charge in [-0.25, -0.2) is 4.79 Å². The first-order chi connectivity index (χ1) is 12.9. The summed E-state index contributed by atoms with van der Waals surface area (Å²) in [5, 5.41) is 9.32. The monoisotopic (exact) mass is 380 g/mol. The van der Waals surface area contributed by atoms with Crippen LogP contribution in [0.25, 0.3) is 0 Å². The summed E-state index contributed by atoms with van der Waals surface area (Å²) >= 11 is 0. The lowest BCUT2D eigenvalue weighted by Gasteiger charge is -2.42. The minimum absolute atomic E-state index is 0.166. The molecule has 2 aliphatic rings. The molecule has 28 heavy (non-hydrogen) atoms. The summed E-state index contributed by atoms with van der Waals surface area (Å²) < 4.78 is 0. The summed E-state index contributed by atoms with van der Waals surface area (Å²) in [4.78, 5) is 11.3. The van der Waals surface area contributed by atoms with E-state index in [1.807, 2.05) is 19.9 Å². The largest absolute Gasteiger partial charge is 0.478 e. The summed E-state index contributed by atoms with van der Waals surface area (Å²) in [6, 6.07) is 7.19. The summed E-state index contributed by atoms with van der Waals surface area (Å²) in [6.07, 6.45) is 8.41. The average molecular weight is 381 g/mol. The quantitative estimate of drug-likeness (QED) is 0.457. The van der Waals surface area contributed by atoms with E-state index in [9.17, 15) is 9.90 Å². The molecule has 0 spiro atoms. The molecule has 0 saturated heterocycles. The maximum absolute atomic E-state index is 11.3. The fraction of sp³-hybridized carbons (Fsp3) is 0.577. The minimum atomic E-state index is -0.803. The smallest absolute Gasteiger partial charge is 0.331 e. The van der Waals surface area contributed by atoms with Gasteiger partial charge in [0.05, 0.1) is 0 Å². The molecule has 0 bridgehead atoms. The van der Waals surface area contributed by atoms with Crippen LogP contribution in [-0.2, 0) is 21.0 Å². The van der Waals surface area contributed by atoms with Crippen LogP contribution in [0.4, 0.5) is 0 Å². The van der Waals surface area contributed by atoms with Gasteiger partial charge < -0.3 is 5.11 Å². The van der Waals surface area contributed by atoms with Crippen molar-refractivity contribution in [2.45, 2.75) is 90.4 Å². The van der Waals surface area contributed by atoms with Crippen molar-refractivity contribution in [3.63, 3.8) is 0 Å². The molecule has 2 nitrogen and oxygen atoms in total. The number of carboxylic acid groups (broad SMARTS) is 1. The molecule has 0 heterocycles. The number of allylic oxidation sites excluding steroid dienone is 3. The molecule has 0 amide bonds. The van der Waals surface area contributed by atoms with E-state index in [0.717, 1.165) is 12.0 Å². The van der Waals surface area contributed by atoms with Crippen LogP contribution < -0.4 is 0 Å². The first kappa shape index (κ1) is 20.9. The lowest BCUT2D eigenvalue weighted by Crippen LogP contribution is -2.34. The second-order valence-electron chi connectivity index (χ2n) is 10.4. The van der Waals surface area contributed by atoms with Crippen molar-refractivity contribution in [3.8, 4) is 0 Å². The number of hydrogen-bond acceptors (Lipinski definition) is 1. The van der Waals surface area contributed by atoms with Gasteiger partial charge in [-0.15, -0.1) is 0 Å². The number of carboxylic acids is 1. The molecule has 0 aliphatic heterocycles. The Morgan fingerprint density at radius 2 is 1.71 bits per heavy atom. The van der Waals surface area contributed by atoms with E-state index in [1.165, 1.54) is 29.5 Å². The number of hydrogen-bond donors (Lipinski definition) is 1. The first-order valence-corrected chi connectivity index (χ1v) is 10.7. The van der Waals surface area contributed by atoms with Crippen molar-refractivity contribution in [2.75, 3.05) is 0 Å². The molecule has 152 valence electrons. The highest BCUT2D eigenvalue weighted by molar-refractivity contribution is 5.87. The Morgan fingerprint density at radius 1 is 1.11 bits per heavy atom. The molecule has 0 aromatic heterocycles. The second-order valence-corrected chi connectivity index (χ2v) is 10.4. The topological polar surface area (TPSA) is 37.3 Å². The van der Waals surface area contributed by atoms with Crippen LogP contribution in [0.3, 0.4) is 0 Å². The predicted molar refractivity (Wildman–Crippen MR) is 117 cm³/mol. The Balaban J connectivity index is 1.88. The number of benzene rings is 1. The number of carbonyl (C=O) groups is 1. The number of fused-ring (bicyclic) bond motifs is 1. The van der Waals surface area contributed by atoms with Gasteiger partial charge >= 0.3 is 5.97 Å². The van der Waals surface area contributed by atoms with Crippen LogP contribution in [0.2, 0.25) is 0 Å². The van der Waals surface area contributed by atoms with Crippen molar-refractivity contribution in [3.05, 3.63) is 58.2 Å². The Hall–Kier alpha value is -1.83. The summed E-state index contributed by atoms with van der Waals surface area (Å²) in [5.74, 6) is -0.324. The van der Waals surface area contributed by atoms with Gasteiger partial charge in [-0.2, -0.15) is 0 Å². The first-order valence-electron chi connectivity index (χ1n) is 10.7. The molecule has 3 rings (SSSR count). The molecular weight excluding hydrogens is 344 g/mol. The molecule has 2 unspecified atom stereocenters. The van der Waals surface area contributed by atoms with E-state index in [0.29, 0.717) is 17.9 Å². The maximum Gasteiger partial charge on any atom is 0.331 e. The third-order valence-electron chi connectivity index (χ3n) is 7.48. The molecule has 1 aromatic carbocycles. The van der Waals surface area contributed by atoms with Gasteiger partial charge in [0, 0.05) is 5.57 Å². The average Bonchev–Trinajstić information content (AvgIpc) is 3.29. The molecule has 1 saturated carbocycles. The van der Waals surface area contributed by atoms with Gasteiger partial charge in [0.1, 0.15) is 0 Å².